The lowest BCUT2D eigenvalue weighted by atomic mass is 10.2. The SMILES string of the molecule is CCCCc1nnc(NC(=O)CNc2cccc(C(F)(F)F)c2)s1. The number of carbonyl (C=O) groups excluding carboxylic acids is 1. The summed E-state index contributed by atoms with van der Waals surface area (Å²) in [5.74, 6) is -0.398. The molecule has 0 aliphatic rings. The van der Waals surface area contributed by atoms with E-state index >= 15 is 0 Å². The lowest BCUT2D eigenvalue weighted by molar-refractivity contribution is -0.137. The second-order valence-corrected chi connectivity index (χ2v) is 6.15. The largest absolute Gasteiger partial charge is 0.416 e. The molecule has 0 spiro atoms. The van der Waals surface area contributed by atoms with Crippen LogP contribution in [0.2, 0.25) is 0 Å². The molecule has 2 rings (SSSR count). The van der Waals surface area contributed by atoms with E-state index in [1.807, 2.05) is 0 Å². The Labute approximate surface area is 141 Å². The predicted octanol–water partition coefficient (Wildman–Crippen LogP) is 3.95. The van der Waals surface area contributed by atoms with E-state index in [4.69, 9.17) is 0 Å². The Morgan fingerprint density at radius 2 is 2.08 bits per heavy atom. The van der Waals surface area contributed by atoms with Crippen molar-refractivity contribution in [3.63, 3.8) is 0 Å². The summed E-state index contributed by atoms with van der Waals surface area (Å²) < 4.78 is 37.9. The zero-order valence-corrected chi connectivity index (χ0v) is 13.8. The first-order valence-electron chi connectivity index (χ1n) is 7.42. The number of alkyl halides is 3. The summed E-state index contributed by atoms with van der Waals surface area (Å²) in [6.45, 7) is 1.91. The molecule has 24 heavy (non-hydrogen) atoms. The van der Waals surface area contributed by atoms with Crippen molar-refractivity contribution in [2.45, 2.75) is 32.4 Å². The molecule has 2 N–H and O–H groups in total. The molecule has 1 amide bonds. The van der Waals surface area contributed by atoms with Gasteiger partial charge in [0.15, 0.2) is 0 Å². The molecule has 0 aliphatic heterocycles. The van der Waals surface area contributed by atoms with Crippen molar-refractivity contribution in [1.82, 2.24) is 10.2 Å². The molecule has 1 aromatic carbocycles. The molecule has 2 aromatic rings. The first kappa shape index (κ1) is 18.2. The van der Waals surface area contributed by atoms with Crippen LogP contribution in [0.25, 0.3) is 0 Å². The molecule has 1 heterocycles. The monoisotopic (exact) mass is 358 g/mol. The molecule has 0 atom stereocenters. The maximum Gasteiger partial charge on any atom is 0.416 e. The fourth-order valence-corrected chi connectivity index (χ4v) is 2.68. The van der Waals surface area contributed by atoms with Crippen LogP contribution < -0.4 is 10.6 Å². The molecule has 0 fully saturated rings. The molecule has 9 heteroatoms. The van der Waals surface area contributed by atoms with E-state index in [1.165, 1.54) is 23.5 Å². The minimum atomic E-state index is -4.42. The van der Waals surface area contributed by atoms with Crippen LogP contribution in [0.1, 0.15) is 30.3 Å². The molecule has 1 aromatic heterocycles. The number of aryl methyl sites for hydroxylation is 1. The number of benzene rings is 1. The van der Waals surface area contributed by atoms with Gasteiger partial charge in [0.1, 0.15) is 5.01 Å². The number of unbranched alkanes of at least 4 members (excludes halogenated alkanes) is 1. The van der Waals surface area contributed by atoms with Crippen molar-refractivity contribution in [1.29, 1.82) is 0 Å². The van der Waals surface area contributed by atoms with Crippen LogP contribution in [0.3, 0.4) is 0 Å². The van der Waals surface area contributed by atoms with Gasteiger partial charge in [0.05, 0.1) is 12.1 Å². The average Bonchev–Trinajstić information content (AvgIpc) is 2.98. The Hall–Kier alpha value is -2.16. The Balaban J connectivity index is 1.86. The molecule has 0 saturated heterocycles. The summed E-state index contributed by atoms with van der Waals surface area (Å²) >= 11 is 1.30. The third kappa shape index (κ3) is 5.48. The number of hydrogen-bond acceptors (Lipinski definition) is 5. The van der Waals surface area contributed by atoms with E-state index in [0.29, 0.717) is 5.13 Å². The minimum absolute atomic E-state index is 0.162. The van der Waals surface area contributed by atoms with Gasteiger partial charge in [-0.25, -0.2) is 0 Å². The summed E-state index contributed by atoms with van der Waals surface area (Å²) in [5.41, 5.74) is -0.543. The fourth-order valence-electron chi connectivity index (χ4n) is 1.88. The number of anilines is 2. The third-order valence-corrected chi connectivity index (χ3v) is 4.00. The van der Waals surface area contributed by atoms with Gasteiger partial charge in [-0.05, 0) is 24.6 Å². The van der Waals surface area contributed by atoms with Crippen LogP contribution in [-0.2, 0) is 17.4 Å². The first-order valence-corrected chi connectivity index (χ1v) is 8.23. The second-order valence-electron chi connectivity index (χ2n) is 5.08. The molecular weight excluding hydrogens is 341 g/mol. The fraction of sp³-hybridized carbons (Fsp3) is 0.400. The van der Waals surface area contributed by atoms with E-state index in [0.717, 1.165) is 36.4 Å². The Kier molecular flexibility index (Phi) is 6.13. The van der Waals surface area contributed by atoms with Crippen molar-refractivity contribution in [2.24, 2.45) is 0 Å². The van der Waals surface area contributed by atoms with Crippen LogP contribution in [-0.4, -0.2) is 22.6 Å². The number of rotatable bonds is 7. The number of halogens is 3. The van der Waals surface area contributed by atoms with Crippen molar-refractivity contribution >= 4 is 28.1 Å². The quantitative estimate of drug-likeness (QED) is 0.786. The zero-order chi connectivity index (χ0) is 17.6. The van der Waals surface area contributed by atoms with Crippen LogP contribution in [0.4, 0.5) is 24.0 Å². The molecule has 0 unspecified atom stereocenters. The van der Waals surface area contributed by atoms with Gasteiger partial charge in [0.2, 0.25) is 11.0 Å². The molecular formula is C15H17F3N4OS. The van der Waals surface area contributed by atoms with Crippen LogP contribution >= 0.6 is 11.3 Å². The van der Waals surface area contributed by atoms with Gasteiger partial charge in [0, 0.05) is 12.1 Å². The van der Waals surface area contributed by atoms with Crippen molar-refractivity contribution < 1.29 is 18.0 Å². The van der Waals surface area contributed by atoms with E-state index < -0.39 is 17.6 Å². The molecule has 130 valence electrons. The second kappa shape index (κ2) is 8.09. The smallest absolute Gasteiger partial charge is 0.376 e. The van der Waals surface area contributed by atoms with Gasteiger partial charge in [-0.2, -0.15) is 13.2 Å². The average molecular weight is 358 g/mol. The number of nitrogens with one attached hydrogen (secondary N) is 2. The molecule has 0 radical (unpaired) electrons. The third-order valence-electron chi connectivity index (χ3n) is 3.10. The van der Waals surface area contributed by atoms with Crippen LogP contribution in [0.15, 0.2) is 24.3 Å². The highest BCUT2D eigenvalue weighted by atomic mass is 32.1. The van der Waals surface area contributed by atoms with Crippen molar-refractivity contribution in [3.05, 3.63) is 34.8 Å². The van der Waals surface area contributed by atoms with Gasteiger partial charge in [0.25, 0.3) is 0 Å². The molecule has 0 bridgehead atoms. The van der Waals surface area contributed by atoms with Crippen LogP contribution in [0.5, 0.6) is 0 Å². The zero-order valence-electron chi connectivity index (χ0n) is 13.0. The molecule has 0 aliphatic carbocycles. The van der Waals surface area contributed by atoms with E-state index in [1.54, 1.807) is 0 Å². The van der Waals surface area contributed by atoms with Crippen LogP contribution in [0, 0.1) is 0 Å². The number of carbonyl (C=O) groups is 1. The van der Waals surface area contributed by atoms with E-state index in [9.17, 15) is 18.0 Å². The van der Waals surface area contributed by atoms with Gasteiger partial charge >= 0.3 is 6.18 Å². The molecule has 5 nitrogen and oxygen atoms in total. The number of hydrogen-bond donors (Lipinski definition) is 2. The normalized spacial score (nSPS) is 11.3. The highest BCUT2D eigenvalue weighted by molar-refractivity contribution is 7.15. The minimum Gasteiger partial charge on any atom is -0.376 e. The van der Waals surface area contributed by atoms with E-state index in [-0.39, 0.29) is 12.2 Å². The van der Waals surface area contributed by atoms with Gasteiger partial charge in [-0.15, -0.1) is 10.2 Å². The summed E-state index contributed by atoms with van der Waals surface area (Å²) in [4.78, 5) is 11.8. The lowest BCUT2D eigenvalue weighted by Crippen LogP contribution is -2.21. The summed E-state index contributed by atoms with van der Waals surface area (Å²) in [7, 11) is 0. The van der Waals surface area contributed by atoms with E-state index in [2.05, 4.69) is 27.8 Å². The highest BCUT2D eigenvalue weighted by Crippen LogP contribution is 2.30. The van der Waals surface area contributed by atoms with Gasteiger partial charge in [-0.3, -0.25) is 10.1 Å². The Morgan fingerprint density at radius 3 is 2.79 bits per heavy atom. The molecule has 0 saturated carbocycles. The first-order chi connectivity index (χ1) is 11.4. The Bertz CT molecular complexity index is 687. The van der Waals surface area contributed by atoms with Crippen molar-refractivity contribution in [3.8, 4) is 0 Å². The number of amides is 1. The van der Waals surface area contributed by atoms with Gasteiger partial charge in [-0.1, -0.05) is 30.7 Å². The maximum absolute atomic E-state index is 12.6. The number of nitrogens with zero attached hydrogens (tertiary/aromatic N) is 2. The summed E-state index contributed by atoms with van der Waals surface area (Å²) in [6, 6.07) is 4.69. The lowest BCUT2D eigenvalue weighted by Gasteiger charge is -2.10. The highest BCUT2D eigenvalue weighted by Gasteiger charge is 2.30. The van der Waals surface area contributed by atoms with Crippen molar-refractivity contribution in [2.75, 3.05) is 17.2 Å². The number of aromatic nitrogens is 2. The summed E-state index contributed by atoms with van der Waals surface area (Å²) in [6.07, 6.45) is -1.56. The topological polar surface area (TPSA) is 66.9 Å². The van der Waals surface area contributed by atoms with Gasteiger partial charge < -0.3 is 5.32 Å². The maximum atomic E-state index is 12.6. The summed E-state index contributed by atoms with van der Waals surface area (Å²) in [5, 5.41) is 14.3. The predicted molar refractivity (Wildman–Crippen MR) is 87.1 cm³/mol. The Morgan fingerprint density at radius 1 is 1.29 bits per heavy atom. The standard InChI is InChI=1S/C15H17F3N4OS/c1-2-3-7-13-21-22-14(24-13)20-12(23)9-19-11-6-4-5-10(8-11)15(16,17)18/h4-6,8,19H,2-3,7,9H2,1H3,(H,20,22,23).